The van der Waals surface area contributed by atoms with E-state index in [1.54, 1.807) is 7.05 Å². The van der Waals surface area contributed by atoms with Gasteiger partial charge < -0.3 is 25.9 Å². The number of hydrazine groups is 1. The predicted molar refractivity (Wildman–Crippen MR) is 181 cm³/mol. The minimum absolute atomic E-state index is 0. The number of rotatable bonds is 18. The van der Waals surface area contributed by atoms with Crippen LogP contribution in [0.4, 0.5) is 0 Å². The molecule has 1 aromatic carbocycles. The number of aldehydes is 1. The van der Waals surface area contributed by atoms with Crippen molar-refractivity contribution in [1.82, 2.24) is 21.5 Å². The molecule has 0 aromatic heterocycles. The number of ether oxygens (including phenoxy) is 1. The summed E-state index contributed by atoms with van der Waals surface area (Å²) >= 11 is 0. The molecule has 2 atom stereocenters. The molecular weight excluding hydrogens is 578 g/mol. The Kier molecular flexibility index (Phi) is 32.3. The van der Waals surface area contributed by atoms with E-state index in [2.05, 4.69) is 53.1 Å². The second kappa shape index (κ2) is 31.7. The maximum absolute atomic E-state index is 10.7. The molecule has 2 rings (SSSR count). The Balaban J connectivity index is 0. The Labute approximate surface area is 311 Å². The van der Waals surface area contributed by atoms with E-state index in [1.165, 1.54) is 44.1 Å². The topological polar surface area (TPSA) is 115 Å². The Morgan fingerprint density at radius 1 is 1.09 bits per heavy atom. The molecular formula is C35H60KN5O3. The first-order chi connectivity index (χ1) is 20.8. The normalized spacial score (nSPS) is 18.0. The molecule has 0 heterocycles. The number of hydrogen-bond donors (Lipinski definition) is 4. The molecule has 1 fully saturated rings. The van der Waals surface area contributed by atoms with Gasteiger partial charge >= 0.3 is 51.4 Å². The first-order valence-corrected chi connectivity index (χ1v) is 15.9. The number of carbonyl (C=O) groups is 2. The number of benzene rings is 1. The van der Waals surface area contributed by atoms with Gasteiger partial charge in [0.05, 0.1) is 6.04 Å². The maximum Gasteiger partial charge on any atom is 1.00 e. The van der Waals surface area contributed by atoms with E-state index in [-0.39, 0.29) is 57.4 Å². The number of hydrogen-bond acceptors (Lipinski definition) is 7. The van der Waals surface area contributed by atoms with Gasteiger partial charge in [0.15, 0.2) is 0 Å². The molecule has 1 aromatic rings. The van der Waals surface area contributed by atoms with Gasteiger partial charge in [-0.25, -0.2) is 5.43 Å². The smallest absolute Gasteiger partial charge is 0.701 e. The van der Waals surface area contributed by atoms with Gasteiger partial charge in [-0.3, -0.25) is 10.2 Å². The molecule has 1 aliphatic rings. The second-order valence-corrected chi connectivity index (χ2v) is 11.3. The molecule has 9 heteroatoms. The SMILES string of the molecule is C/C=C\C(=C/CC)C[C@@H](C=O)NNC.CNCCCC(C)C/C([NH-])=C/NC1CCC(C)CC1.O=COCc1ccccc1.[K+]. The van der Waals surface area contributed by atoms with Crippen molar-refractivity contribution in [3.05, 3.63) is 77.3 Å². The summed E-state index contributed by atoms with van der Waals surface area (Å²) in [4.78, 5) is 20.4. The van der Waals surface area contributed by atoms with Gasteiger partial charge in [0.25, 0.3) is 6.47 Å². The molecule has 0 amide bonds. The fourth-order valence-corrected chi connectivity index (χ4v) is 4.78. The summed E-state index contributed by atoms with van der Waals surface area (Å²) in [6.45, 7) is 10.6. The van der Waals surface area contributed by atoms with E-state index in [0.29, 0.717) is 25.0 Å². The molecule has 0 aliphatic heterocycles. The summed E-state index contributed by atoms with van der Waals surface area (Å²) in [7, 11) is 3.75. The van der Waals surface area contributed by atoms with Gasteiger partial charge in [0.1, 0.15) is 12.9 Å². The molecule has 0 bridgehead atoms. The summed E-state index contributed by atoms with van der Waals surface area (Å²) in [5.74, 6) is 1.51. The quantitative estimate of drug-likeness (QED) is 0.0632. The van der Waals surface area contributed by atoms with E-state index >= 15 is 0 Å². The van der Waals surface area contributed by atoms with Gasteiger partial charge in [0, 0.05) is 6.04 Å². The minimum atomic E-state index is -0.158. The monoisotopic (exact) mass is 637 g/mol. The Morgan fingerprint density at radius 3 is 2.32 bits per heavy atom. The van der Waals surface area contributed by atoms with Crippen LogP contribution in [-0.4, -0.2) is 45.5 Å². The molecule has 0 saturated heterocycles. The number of nitrogens with one attached hydrogen (secondary N) is 5. The third-order valence-electron chi connectivity index (χ3n) is 7.16. The van der Waals surface area contributed by atoms with E-state index in [0.717, 1.165) is 49.3 Å². The first-order valence-electron chi connectivity index (χ1n) is 15.9. The molecule has 0 radical (unpaired) electrons. The van der Waals surface area contributed by atoms with Gasteiger partial charge in [-0.15, -0.1) is 5.70 Å². The zero-order chi connectivity index (χ0) is 32.1. The van der Waals surface area contributed by atoms with Crippen LogP contribution in [0.25, 0.3) is 5.73 Å². The van der Waals surface area contributed by atoms with Crippen LogP contribution in [0.5, 0.6) is 0 Å². The largest absolute Gasteiger partial charge is 1.00 e. The molecule has 0 spiro atoms. The van der Waals surface area contributed by atoms with E-state index < -0.39 is 0 Å². The van der Waals surface area contributed by atoms with Crippen LogP contribution in [-0.2, 0) is 20.9 Å². The molecule has 1 saturated carbocycles. The van der Waals surface area contributed by atoms with Crippen molar-refractivity contribution in [2.24, 2.45) is 11.8 Å². The number of allylic oxidation sites excluding steroid dienone is 4. The Bertz CT molecular complexity index is 903. The van der Waals surface area contributed by atoms with Gasteiger partial charge in [-0.2, -0.15) is 0 Å². The van der Waals surface area contributed by atoms with E-state index in [1.807, 2.05) is 62.7 Å². The average Bonchev–Trinajstić information content (AvgIpc) is 3.01. The number of carbonyl (C=O) groups excluding carboxylic acids is 2. The van der Waals surface area contributed by atoms with Crippen molar-refractivity contribution in [2.45, 2.75) is 104 Å². The molecule has 5 N–H and O–H groups in total. The molecule has 1 unspecified atom stereocenters. The Morgan fingerprint density at radius 2 is 1.77 bits per heavy atom. The van der Waals surface area contributed by atoms with Gasteiger partial charge in [0.2, 0.25) is 0 Å². The fourth-order valence-electron chi connectivity index (χ4n) is 4.78. The van der Waals surface area contributed by atoms with Crippen LogP contribution in [0.3, 0.4) is 0 Å². The third kappa shape index (κ3) is 26.0. The molecule has 44 heavy (non-hydrogen) atoms. The van der Waals surface area contributed by atoms with Crippen molar-refractivity contribution in [3.8, 4) is 0 Å². The maximum atomic E-state index is 10.7. The van der Waals surface area contributed by atoms with Crippen LogP contribution in [0.1, 0.15) is 91.0 Å². The molecule has 244 valence electrons. The van der Waals surface area contributed by atoms with Crippen molar-refractivity contribution >= 4 is 12.8 Å². The van der Waals surface area contributed by atoms with Crippen molar-refractivity contribution in [1.29, 1.82) is 0 Å². The second-order valence-electron chi connectivity index (χ2n) is 11.3. The summed E-state index contributed by atoms with van der Waals surface area (Å²) in [6, 6.07) is 10.00. The van der Waals surface area contributed by atoms with Gasteiger partial charge in [-0.05, 0) is 109 Å². The minimum Gasteiger partial charge on any atom is -0.701 e. The zero-order valence-electron chi connectivity index (χ0n) is 28.7. The summed E-state index contributed by atoms with van der Waals surface area (Å²) in [5.41, 5.74) is 16.6. The zero-order valence-corrected chi connectivity index (χ0v) is 31.8. The van der Waals surface area contributed by atoms with E-state index in [4.69, 9.17) is 5.73 Å². The van der Waals surface area contributed by atoms with Crippen LogP contribution < -0.4 is 72.9 Å². The third-order valence-corrected chi connectivity index (χ3v) is 7.16. The summed E-state index contributed by atoms with van der Waals surface area (Å²) in [6.07, 6.45) is 19.3. The van der Waals surface area contributed by atoms with Gasteiger partial charge in [-0.1, -0.05) is 74.9 Å². The first kappa shape index (κ1) is 44.8. The van der Waals surface area contributed by atoms with Crippen LogP contribution >= 0.6 is 0 Å². The van der Waals surface area contributed by atoms with Crippen LogP contribution in [0.2, 0.25) is 0 Å². The van der Waals surface area contributed by atoms with Crippen molar-refractivity contribution in [2.75, 3.05) is 20.6 Å². The fraction of sp³-hybridized carbons (Fsp3) is 0.600. The standard InChI is InChI=1S/C16H32N3.C11H20N2O.C8H8O2.K/c1-13-6-8-16(9-7-13)19-12-15(17)11-14(2)5-4-10-18-3;1-4-6-10(7-5-2)8-11(9-14)13-12-3;9-7-10-6-8-4-2-1-3-5-8;/h12-14,16-19H,4-11H2,1-3H3;4,6-7,9,11-13H,5,8H2,1-3H3;1-5,7H,6H2;/q-1;;;+1/b15-12-;6-4-,10-7+;;/t;11-;;/m.0../s1. The molecule has 8 nitrogen and oxygen atoms in total. The summed E-state index contributed by atoms with van der Waals surface area (Å²) in [5, 5.41) is 6.63. The van der Waals surface area contributed by atoms with Crippen molar-refractivity contribution < 1.29 is 65.7 Å². The molecule has 1 aliphatic carbocycles. The van der Waals surface area contributed by atoms with E-state index in [9.17, 15) is 9.59 Å². The predicted octanol–water partition coefficient (Wildman–Crippen LogP) is 4.02. The van der Waals surface area contributed by atoms with Crippen LogP contribution in [0, 0.1) is 11.8 Å². The summed E-state index contributed by atoms with van der Waals surface area (Å²) < 4.78 is 4.54. The van der Waals surface area contributed by atoms with Crippen molar-refractivity contribution in [3.63, 3.8) is 0 Å². The van der Waals surface area contributed by atoms with Crippen LogP contribution in [0.15, 0.2) is 66.0 Å². The Hall–Kier alpha value is -1.30. The average molecular weight is 638 g/mol.